The summed E-state index contributed by atoms with van der Waals surface area (Å²) in [5, 5.41) is 0.362. The maximum absolute atomic E-state index is 14.8. The molecular formula is C20H19ClFNO2. The van der Waals surface area contributed by atoms with Crippen LogP contribution < -0.4 is 0 Å². The summed E-state index contributed by atoms with van der Waals surface area (Å²) >= 11 is 6.17. The predicted octanol–water partition coefficient (Wildman–Crippen LogP) is 4.99. The monoisotopic (exact) mass is 359 g/mol. The number of hydrogen-bond acceptors (Lipinski definition) is 2. The maximum atomic E-state index is 14.8. The number of halogens is 2. The zero-order valence-electron chi connectivity index (χ0n) is 14.1. The molecule has 5 heteroatoms. The third-order valence-electron chi connectivity index (χ3n) is 4.94. The third-order valence-corrected chi connectivity index (χ3v) is 5.16. The van der Waals surface area contributed by atoms with Gasteiger partial charge in [-0.05, 0) is 36.8 Å². The lowest BCUT2D eigenvalue weighted by molar-refractivity contribution is -0.0314. The van der Waals surface area contributed by atoms with Gasteiger partial charge < -0.3 is 14.0 Å². The minimum Gasteiger partial charge on any atom is -0.376 e. The third kappa shape index (κ3) is 2.74. The van der Waals surface area contributed by atoms with Crippen molar-refractivity contribution in [3.8, 4) is 5.69 Å². The lowest BCUT2D eigenvalue weighted by atomic mass is 9.83. The van der Waals surface area contributed by atoms with E-state index in [0.29, 0.717) is 17.3 Å². The van der Waals surface area contributed by atoms with E-state index >= 15 is 0 Å². The van der Waals surface area contributed by atoms with Gasteiger partial charge in [0.15, 0.2) is 0 Å². The SMILES string of the molecule is COC1C(C)=CC=CC1C1OCc2cccn2-c2c(F)cc(Cl)cc21. The molecule has 1 aromatic carbocycles. The molecule has 25 heavy (non-hydrogen) atoms. The zero-order chi connectivity index (χ0) is 17.6. The predicted molar refractivity (Wildman–Crippen MR) is 95.5 cm³/mol. The van der Waals surface area contributed by atoms with Gasteiger partial charge in [0.2, 0.25) is 0 Å². The Kier molecular flexibility index (Phi) is 4.28. The minimum atomic E-state index is -0.354. The van der Waals surface area contributed by atoms with Crippen LogP contribution in [-0.2, 0) is 16.1 Å². The van der Waals surface area contributed by atoms with E-state index in [1.54, 1.807) is 13.2 Å². The molecule has 4 rings (SSSR count). The smallest absolute Gasteiger partial charge is 0.149 e. The van der Waals surface area contributed by atoms with Crippen LogP contribution in [0.4, 0.5) is 4.39 Å². The van der Waals surface area contributed by atoms with Crippen molar-refractivity contribution in [2.24, 2.45) is 5.92 Å². The van der Waals surface area contributed by atoms with Crippen LogP contribution in [0.25, 0.3) is 5.69 Å². The number of fused-ring (bicyclic) bond motifs is 3. The average molecular weight is 360 g/mol. The highest BCUT2D eigenvalue weighted by molar-refractivity contribution is 6.30. The van der Waals surface area contributed by atoms with E-state index in [4.69, 9.17) is 21.1 Å². The van der Waals surface area contributed by atoms with Gasteiger partial charge in [-0.2, -0.15) is 0 Å². The number of benzene rings is 1. The fourth-order valence-electron chi connectivity index (χ4n) is 3.83. The number of ether oxygens (including phenoxy) is 2. The van der Waals surface area contributed by atoms with Crippen LogP contribution in [0.3, 0.4) is 0 Å². The van der Waals surface area contributed by atoms with Gasteiger partial charge in [-0.25, -0.2) is 4.39 Å². The molecule has 0 saturated heterocycles. The molecule has 0 amide bonds. The summed E-state index contributed by atoms with van der Waals surface area (Å²) in [5.41, 5.74) is 3.27. The van der Waals surface area contributed by atoms with Crippen LogP contribution in [0.15, 0.2) is 54.3 Å². The molecule has 2 aromatic rings. The first-order valence-electron chi connectivity index (χ1n) is 8.25. The molecule has 2 heterocycles. The first-order chi connectivity index (χ1) is 12.1. The molecule has 1 aliphatic heterocycles. The van der Waals surface area contributed by atoms with Crippen LogP contribution in [0.5, 0.6) is 0 Å². The van der Waals surface area contributed by atoms with Gasteiger partial charge in [0.1, 0.15) is 5.82 Å². The summed E-state index contributed by atoms with van der Waals surface area (Å²) in [7, 11) is 1.69. The van der Waals surface area contributed by atoms with E-state index < -0.39 is 0 Å². The second kappa shape index (κ2) is 6.45. The quantitative estimate of drug-likeness (QED) is 0.754. The highest BCUT2D eigenvalue weighted by Gasteiger charge is 2.36. The second-order valence-corrected chi connectivity index (χ2v) is 6.89. The van der Waals surface area contributed by atoms with Gasteiger partial charge >= 0.3 is 0 Å². The van der Waals surface area contributed by atoms with Crippen LogP contribution >= 0.6 is 11.6 Å². The first-order valence-corrected chi connectivity index (χ1v) is 8.63. The van der Waals surface area contributed by atoms with Crippen molar-refractivity contribution in [2.75, 3.05) is 7.11 Å². The molecule has 0 bridgehead atoms. The standard InChI is InChI=1S/C20H19ClFNO2/c1-12-5-3-7-15(19(12)24-2)20-16-9-13(21)10-17(22)18(16)23-8-4-6-14(23)11-25-20/h3-10,15,19-20H,11H2,1-2H3. The molecule has 0 fully saturated rings. The van der Waals surface area contributed by atoms with Gasteiger partial charge in [0.05, 0.1) is 24.5 Å². The number of rotatable bonds is 2. The molecule has 0 saturated carbocycles. The van der Waals surface area contributed by atoms with E-state index in [2.05, 4.69) is 6.08 Å². The Morgan fingerprint density at radius 2 is 2.20 bits per heavy atom. The Hall–Kier alpha value is -1.88. The second-order valence-electron chi connectivity index (χ2n) is 6.46. The Morgan fingerprint density at radius 3 is 3.00 bits per heavy atom. The molecule has 0 spiro atoms. The summed E-state index contributed by atoms with van der Waals surface area (Å²) in [6.45, 7) is 2.43. The summed E-state index contributed by atoms with van der Waals surface area (Å²) in [6, 6.07) is 6.98. The lowest BCUT2D eigenvalue weighted by Crippen LogP contribution is -2.31. The number of aromatic nitrogens is 1. The number of nitrogens with zero attached hydrogens (tertiary/aromatic N) is 1. The van der Waals surface area contributed by atoms with Gasteiger partial charge in [-0.3, -0.25) is 0 Å². The zero-order valence-corrected chi connectivity index (χ0v) is 14.8. The Balaban J connectivity index is 1.88. The van der Waals surface area contributed by atoms with Gasteiger partial charge in [-0.15, -0.1) is 0 Å². The van der Waals surface area contributed by atoms with Crippen molar-refractivity contribution in [1.82, 2.24) is 4.57 Å². The molecule has 0 radical (unpaired) electrons. The van der Waals surface area contributed by atoms with E-state index in [1.165, 1.54) is 6.07 Å². The molecule has 130 valence electrons. The molecule has 3 nitrogen and oxygen atoms in total. The Labute approximate surface area is 151 Å². The lowest BCUT2D eigenvalue weighted by Gasteiger charge is -2.33. The van der Waals surface area contributed by atoms with Crippen molar-refractivity contribution in [1.29, 1.82) is 0 Å². The van der Waals surface area contributed by atoms with Crippen molar-refractivity contribution in [2.45, 2.75) is 25.7 Å². The average Bonchev–Trinajstić information content (AvgIpc) is 2.97. The summed E-state index contributed by atoms with van der Waals surface area (Å²) < 4.78 is 28.6. The number of allylic oxidation sites excluding steroid dienone is 2. The Bertz CT molecular complexity index is 871. The highest BCUT2D eigenvalue weighted by atomic mass is 35.5. The van der Waals surface area contributed by atoms with Crippen molar-refractivity contribution in [3.63, 3.8) is 0 Å². The van der Waals surface area contributed by atoms with Crippen LogP contribution in [-0.4, -0.2) is 17.8 Å². The van der Waals surface area contributed by atoms with Crippen LogP contribution in [0.1, 0.15) is 24.3 Å². The molecular weight excluding hydrogens is 341 g/mol. The summed E-state index contributed by atoms with van der Waals surface area (Å²) in [6.07, 6.45) is 7.48. The normalized spacial score (nSPS) is 25.1. The maximum Gasteiger partial charge on any atom is 0.149 e. The van der Waals surface area contributed by atoms with Crippen molar-refractivity contribution in [3.05, 3.63) is 76.4 Å². The summed E-state index contributed by atoms with van der Waals surface area (Å²) in [4.78, 5) is 0. The first kappa shape index (κ1) is 16.6. The molecule has 3 unspecified atom stereocenters. The minimum absolute atomic E-state index is 0.0591. The van der Waals surface area contributed by atoms with E-state index in [0.717, 1.165) is 16.8 Å². The van der Waals surface area contributed by atoms with E-state index in [1.807, 2.05) is 42.0 Å². The van der Waals surface area contributed by atoms with Gasteiger partial charge in [0, 0.05) is 35.5 Å². The largest absolute Gasteiger partial charge is 0.376 e. The topological polar surface area (TPSA) is 23.4 Å². The highest BCUT2D eigenvalue weighted by Crippen LogP contribution is 2.42. The van der Waals surface area contributed by atoms with Crippen LogP contribution in [0, 0.1) is 11.7 Å². The van der Waals surface area contributed by atoms with Gasteiger partial charge in [0.25, 0.3) is 0 Å². The van der Waals surface area contributed by atoms with Crippen LogP contribution in [0.2, 0.25) is 5.02 Å². The van der Waals surface area contributed by atoms with Gasteiger partial charge in [-0.1, -0.05) is 29.8 Å². The number of hydrogen-bond donors (Lipinski definition) is 0. The molecule has 3 atom stereocenters. The fraction of sp³-hybridized carbons (Fsp3) is 0.300. The number of methoxy groups -OCH3 is 1. The molecule has 1 aromatic heterocycles. The Morgan fingerprint density at radius 1 is 1.36 bits per heavy atom. The molecule has 0 N–H and O–H groups in total. The fourth-order valence-corrected chi connectivity index (χ4v) is 4.04. The van der Waals surface area contributed by atoms with Crippen molar-refractivity contribution < 1.29 is 13.9 Å². The van der Waals surface area contributed by atoms with E-state index in [9.17, 15) is 4.39 Å². The molecule has 1 aliphatic carbocycles. The molecule has 2 aliphatic rings. The summed E-state index contributed by atoms with van der Waals surface area (Å²) in [5.74, 6) is -0.410. The van der Waals surface area contributed by atoms with E-state index in [-0.39, 0.29) is 23.9 Å². The van der Waals surface area contributed by atoms with Crippen molar-refractivity contribution >= 4 is 11.6 Å².